The summed E-state index contributed by atoms with van der Waals surface area (Å²) in [6.45, 7) is 0. The number of hydrogen-bond donors (Lipinski definition) is 2. The first-order valence-electron chi connectivity index (χ1n) is 2.50. The summed E-state index contributed by atoms with van der Waals surface area (Å²) in [5, 5.41) is 7.07. The molecule has 0 saturated carbocycles. The Hall–Kier alpha value is -1.65. The molecular weight excluding hydrogens is 132 g/mol. The van der Waals surface area contributed by atoms with Crippen LogP contribution in [-0.4, -0.2) is 16.2 Å². The monoisotopic (exact) mass is 140 g/mol. The highest BCUT2D eigenvalue weighted by Gasteiger charge is 1.60. The van der Waals surface area contributed by atoms with Gasteiger partial charge in [-0.3, -0.25) is 0 Å². The number of primary amides is 2. The molecule has 0 saturated heterocycles. The number of urea groups is 1. The summed E-state index contributed by atoms with van der Waals surface area (Å²) in [5.74, 6) is 0. The maximum Gasteiger partial charge on any atom is 0.309 e. The van der Waals surface area contributed by atoms with E-state index in [0.717, 1.165) is 0 Å². The molecule has 0 aliphatic rings. The molecule has 0 unspecified atom stereocenters. The fourth-order valence-electron chi connectivity index (χ4n) is 0.253. The van der Waals surface area contributed by atoms with Crippen LogP contribution < -0.4 is 11.5 Å². The first kappa shape index (κ1) is 8.35. The van der Waals surface area contributed by atoms with E-state index in [1.54, 1.807) is 12.4 Å². The lowest BCUT2D eigenvalue weighted by molar-refractivity contribution is 0.256. The molecule has 54 valence electrons. The summed E-state index contributed by atoms with van der Waals surface area (Å²) in [5.41, 5.74) is 8.50. The summed E-state index contributed by atoms with van der Waals surface area (Å²) >= 11 is 0. The van der Waals surface area contributed by atoms with Crippen molar-refractivity contribution in [1.82, 2.24) is 10.2 Å². The molecule has 0 bridgehead atoms. The maximum atomic E-state index is 9.00. The molecule has 2 amide bonds. The van der Waals surface area contributed by atoms with Crippen LogP contribution in [-0.2, 0) is 0 Å². The molecule has 1 aromatic rings. The van der Waals surface area contributed by atoms with Crippen molar-refractivity contribution in [3.05, 3.63) is 24.5 Å². The smallest absolute Gasteiger partial charge is 0.309 e. The largest absolute Gasteiger partial charge is 0.352 e. The van der Waals surface area contributed by atoms with Gasteiger partial charge in [0.15, 0.2) is 0 Å². The molecule has 4 N–H and O–H groups in total. The molecule has 1 rings (SSSR count). The van der Waals surface area contributed by atoms with Crippen LogP contribution in [0.4, 0.5) is 4.79 Å². The standard InChI is InChI=1S/C4H4N2.CH4N2O/c1-2-4-6-5-3-1;2-1(3)4/h1-4H;(H4,2,3,4). The second-order valence-corrected chi connectivity index (χ2v) is 1.32. The number of rotatable bonds is 0. The molecule has 10 heavy (non-hydrogen) atoms. The highest BCUT2D eigenvalue weighted by Crippen LogP contribution is 1.68. The van der Waals surface area contributed by atoms with Crippen LogP contribution in [0.3, 0.4) is 0 Å². The Labute approximate surface area is 58.1 Å². The Balaban J connectivity index is 0.000000180. The van der Waals surface area contributed by atoms with Crippen LogP contribution in [0, 0.1) is 0 Å². The Morgan fingerprint density at radius 1 is 1.10 bits per heavy atom. The van der Waals surface area contributed by atoms with Gasteiger partial charge in [0.05, 0.1) is 0 Å². The maximum absolute atomic E-state index is 9.00. The van der Waals surface area contributed by atoms with Crippen LogP contribution in [0.25, 0.3) is 0 Å². The van der Waals surface area contributed by atoms with E-state index < -0.39 is 6.03 Å². The zero-order chi connectivity index (χ0) is 7.82. The first-order valence-corrected chi connectivity index (χ1v) is 2.50. The van der Waals surface area contributed by atoms with Crippen LogP contribution in [0.15, 0.2) is 24.5 Å². The van der Waals surface area contributed by atoms with Gasteiger partial charge in [-0.05, 0) is 12.1 Å². The van der Waals surface area contributed by atoms with E-state index in [0.29, 0.717) is 0 Å². The van der Waals surface area contributed by atoms with Crippen molar-refractivity contribution in [2.24, 2.45) is 11.5 Å². The van der Waals surface area contributed by atoms with E-state index in [-0.39, 0.29) is 0 Å². The summed E-state index contributed by atoms with van der Waals surface area (Å²) in [7, 11) is 0. The second-order valence-electron chi connectivity index (χ2n) is 1.32. The molecule has 0 aromatic carbocycles. The van der Waals surface area contributed by atoms with Crippen molar-refractivity contribution >= 4 is 6.03 Å². The number of nitrogens with two attached hydrogens (primary N) is 2. The molecule has 1 aromatic heterocycles. The Morgan fingerprint density at radius 3 is 1.50 bits per heavy atom. The lowest BCUT2D eigenvalue weighted by Crippen LogP contribution is -2.18. The van der Waals surface area contributed by atoms with Crippen molar-refractivity contribution < 1.29 is 4.79 Å². The third-order valence-electron chi connectivity index (χ3n) is 0.483. The predicted molar refractivity (Wildman–Crippen MR) is 35.8 cm³/mol. The van der Waals surface area contributed by atoms with Crippen LogP contribution in [0.2, 0.25) is 0 Å². The van der Waals surface area contributed by atoms with Gasteiger partial charge in [0.2, 0.25) is 0 Å². The average molecular weight is 140 g/mol. The van der Waals surface area contributed by atoms with E-state index in [9.17, 15) is 0 Å². The van der Waals surface area contributed by atoms with Gasteiger partial charge in [0.25, 0.3) is 0 Å². The van der Waals surface area contributed by atoms with Gasteiger partial charge < -0.3 is 11.5 Å². The zero-order valence-electron chi connectivity index (χ0n) is 5.27. The fraction of sp³-hybridized carbons (Fsp3) is 0. The first-order chi connectivity index (χ1) is 4.73. The minimum atomic E-state index is -0.833. The SMILES string of the molecule is NC(N)=O.c1ccnnc1. The van der Waals surface area contributed by atoms with E-state index in [1.165, 1.54) is 0 Å². The van der Waals surface area contributed by atoms with Gasteiger partial charge >= 0.3 is 6.03 Å². The molecule has 0 aliphatic heterocycles. The molecule has 0 aliphatic carbocycles. The Kier molecular flexibility index (Phi) is 4.58. The zero-order valence-corrected chi connectivity index (χ0v) is 5.27. The number of hydrogen-bond acceptors (Lipinski definition) is 3. The van der Waals surface area contributed by atoms with Crippen LogP contribution in [0.5, 0.6) is 0 Å². The molecule has 0 spiro atoms. The molecular formula is C5H8N4O. The van der Waals surface area contributed by atoms with Gasteiger partial charge in [0, 0.05) is 12.4 Å². The lowest BCUT2D eigenvalue weighted by atomic mass is 10.6. The van der Waals surface area contributed by atoms with Crippen molar-refractivity contribution in [1.29, 1.82) is 0 Å². The summed E-state index contributed by atoms with van der Waals surface area (Å²) in [6, 6.07) is 2.82. The molecule has 0 atom stereocenters. The molecule has 1 heterocycles. The number of aromatic nitrogens is 2. The Bertz CT molecular complexity index is 146. The van der Waals surface area contributed by atoms with E-state index in [4.69, 9.17) is 4.79 Å². The van der Waals surface area contributed by atoms with Crippen molar-refractivity contribution in [3.63, 3.8) is 0 Å². The Morgan fingerprint density at radius 2 is 1.40 bits per heavy atom. The topological polar surface area (TPSA) is 94.9 Å². The van der Waals surface area contributed by atoms with Crippen LogP contribution >= 0.6 is 0 Å². The number of amides is 2. The number of nitrogens with zero attached hydrogens (tertiary/aromatic N) is 2. The van der Waals surface area contributed by atoms with Gasteiger partial charge in [-0.2, -0.15) is 10.2 Å². The summed E-state index contributed by atoms with van der Waals surface area (Å²) < 4.78 is 0. The van der Waals surface area contributed by atoms with E-state index >= 15 is 0 Å². The van der Waals surface area contributed by atoms with Gasteiger partial charge in [-0.1, -0.05) is 0 Å². The highest BCUT2D eigenvalue weighted by atomic mass is 16.2. The lowest BCUT2D eigenvalue weighted by Gasteiger charge is -1.69. The van der Waals surface area contributed by atoms with E-state index in [1.807, 2.05) is 12.1 Å². The average Bonchev–Trinajstić information content (AvgIpc) is 1.90. The molecule has 0 fully saturated rings. The summed E-state index contributed by atoms with van der Waals surface area (Å²) in [4.78, 5) is 9.00. The number of carbonyl (C=O) groups is 1. The summed E-state index contributed by atoms with van der Waals surface area (Å²) in [6.07, 6.45) is 3.28. The quantitative estimate of drug-likeness (QED) is 0.508. The predicted octanol–water partition coefficient (Wildman–Crippen LogP) is -0.500. The third kappa shape index (κ3) is 9.61. The minimum Gasteiger partial charge on any atom is -0.352 e. The minimum absolute atomic E-state index is 0.833. The van der Waals surface area contributed by atoms with Crippen molar-refractivity contribution in [2.45, 2.75) is 0 Å². The molecule has 5 heteroatoms. The third-order valence-corrected chi connectivity index (χ3v) is 0.483. The van der Waals surface area contributed by atoms with Crippen molar-refractivity contribution in [3.8, 4) is 0 Å². The van der Waals surface area contributed by atoms with Crippen LogP contribution in [0.1, 0.15) is 0 Å². The second kappa shape index (κ2) is 5.49. The number of carbonyl (C=O) groups excluding carboxylic acids is 1. The fourth-order valence-corrected chi connectivity index (χ4v) is 0.253. The van der Waals surface area contributed by atoms with Gasteiger partial charge in [0.1, 0.15) is 0 Å². The van der Waals surface area contributed by atoms with Gasteiger partial charge in [-0.15, -0.1) is 0 Å². The van der Waals surface area contributed by atoms with E-state index in [2.05, 4.69) is 21.7 Å². The molecule has 5 nitrogen and oxygen atoms in total. The normalized spacial score (nSPS) is 7.20. The highest BCUT2D eigenvalue weighted by molar-refractivity contribution is 5.69. The molecule has 0 radical (unpaired) electrons. The van der Waals surface area contributed by atoms with Crippen molar-refractivity contribution in [2.75, 3.05) is 0 Å². The van der Waals surface area contributed by atoms with Gasteiger partial charge in [-0.25, -0.2) is 4.79 Å².